The Labute approximate surface area is 123 Å². The molecular formula is C16H19N3O2. The highest BCUT2D eigenvalue weighted by Gasteiger charge is 2.34. The molecule has 0 amide bonds. The van der Waals surface area contributed by atoms with E-state index in [1.165, 1.54) is 31.7 Å². The third kappa shape index (κ3) is 2.44. The molecule has 1 fully saturated rings. The highest BCUT2D eigenvalue weighted by molar-refractivity contribution is 5.96. The van der Waals surface area contributed by atoms with Gasteiger partial charge in [0.15, 0.2) is 0 Å². The van der Waals surface area contributed by atoms with Gasteiger partial charge in [0.05, 0.1) is 4.92 Å². The molecule has 3 rings (SSSR count). The number of hydrogen-bond donors (Lipinski definition) is 1. The van der Waals surface area contributed by atoms with E-state index in [0.29, 0.717) is 10.9 Å². The second-order valence-electron chi connectivity index (χ2n) is 5.85. The summed E-state index contributed by atoms with van der Waals surface area (Å²) in [5, 5.41) is 15.4. The van der Waals surface area contributed by atoms with Crippen LogP contribution in [0.25, 0.3) is 10.9 Å². The minimum atomic E-state index is -0.376. The van der Waals surface area contributed by atoms with Crippen LogP contribution in [-0.4, -0.2) is 16.5 Å². The summed E-state index contributed by atoms with van der Waals surface area (Å²) in [6.07, 6.45) is 6.64. The van der Waals surface area contributed by atoms with Gasteiger partial charge in [0, 0.05) is 29.9 Å². The highest BCUT2D eigenvalue weighted by Crippen LogP contribution is 2.44. The molecule has 2 aromatic rings. The van der Waals surface area contributed by atoms with Gasteiger partial charge < -0.3 is 5.32 Å². The Balaban J connectivity index is 1.92. The van der Waals surface area contributed by atoms with Crippen molar-refractivity contribution in [3.63, 3.8) is 0 Å². The maximum atomic E-state index is 11.1. The second kappa shape index (κ2) is 5.31. The minimum Gasteiger partial charge on any atom is -0.384 e. The lowest BCUT2D eigenvalue weighted by Crippen LogP contribution is -2.35. The van der Waals surface area contributed by atoms with E-state index in [4.69, 9.17) is 0 Å². The number of nitro groups is 1. The lowest BCUT2D eigenvalue weighted by atomic mass is 9.67. The van der Waals surface area contributed by atoms with Crippen molar-refractivity contribution in [1.82, 2.24) is 4.98 Å². The first-order valence-electron chi connectivity index (χ1n) is 7.41. The standard InChI is InChI=1S/C16H19N3O2/c1-2-16(8-4-9-16)11-18-13-7-10-17-15-12(13)5-3-6-14(15)19(20)21/h3,5-7,10H,2,4,8-9,11H2,1H3,(H,17,18). The lowest BCUT2D eigenvalue weighted by molar-refractivity contribution is -0.383. The number of para-hydroxylation sites is 1. The predicted octanol–water partition coefficient (Wildman–Crippen LogP) is 4.14. The fourth-order valence-electron chi connectivity index (χ4n) is 3.08. The average molecular weight is 285 g/mol. The molecule has 0 spiro atoms. The molecule has 5 heteroatoms. The average Bonchev–Trinajstić information content (AvgIpc) is 2.46. The van der Waals surface area contributed by atoms with Gasteiger partial charge in [-0.25, -0.2) is 4.98 Å². The molecule has 1 N–H and O–H groups in total. The van der Waals surface area contributed by atoms with Gasteiger partial charge in [0.1, 0.15) is 5.52 Å². The number of fused-ring (bicyclic) bond motifs is 1. The number of nitrogens with one attached hydrogen (secondary N) is 1. The zero-order valence-electron chi connectivity index (χ0n) is 12.1. The maximum Gasteiger partial charge on any atom is 0.295 e. The van der Waals surface area contributed by atoms with Crippen molar-refractivity contribution in [3.8, 4) is 0 Å². The van der Waals surface area contributed by atoms with Crippen LogP contribution in [0.2, 0.25) is 0 Å². The fraction of sp³-hybridized carbons (Fsp3) is 0.438. The van der Waals surface area contributed by atoms with Crippen molar-refractivity contribution >= 4 is 22.3 Å². The molecule has 0 radical (unpaired) electrons. The van der Waals surface area contributed by atoms with E-state index in [9.17, 15) is 10.1 Å². The smallest absolute Gasteiger partial charge is 0.295 e. The molecule has 21 heavy (non-hydrogen) atoms. The van der Waals surface area contributed by atoms with Crippen LogP contribution in [0, 0.1) is 15.5 Å². The Kier molecular flexibility index (Phi) is 3.49. The first-order valence-corrected chi connectivity index (χ1v) is 7.41. The molecule has 0 aliphatic heterocycles. The summed E-state index contributed by atoms with van der Waals surface area (Å²) in [6, 6.07) is 7.00. The maximum absolute atomic E-state index is 11.1. The molecule has 1 heterocycles. The van der Waals surface area contributed by atoms with Crippen LogP contribution in [0.5, 0.6) is 0 Å². The molecule has 0 atom stereocenters. The third-order valence-corrected chi connectivity index (χ3v) is 4.76. The number of hydrogen-bond acceptors (Lipinski definition) is 4. The van der Waals surface area contributed by atoms with Crippen molar-refractivity contribution in [3.05, 3.63) is 40.6 Å². The van der Waals surface area contributed by atoms with Crippen molar-refractivity contribution in [2.24, 2.45) is 5.41 Å². The summed E-state index contributed by atoms with van der Waals surface area (Å²) in [5.41, 5.74) is 1.84. The summed E-state index contributed by atoms with van der Waals surface area (Å²) in [4.78, 5) is 14.9. The molecule has 5 nitrogen and oxygen atoms in total. The van der Waals surface area contributed by atoms with Gasteiger partial charge in [-0.3, -0.25) is 10.1 Å². The summed E-state index contributed by atoms with van der Waals surface area (Å²) < 4.78 is 0. The summed E-state index contributed by atoms with van der Waals surface area (Å²) in [6.45, 7) is 3.15. The third-order valence-electron chi connectivity index (χ3n) is 4.76. The Morgan fingerprint density at radius 3 is 2.81 bits per heavy atom. The second-order valence-corrected chi connectivity index (χ2v) is 5.85. The number of pyridine rings is 1. The van der Waals surface area contributed by atoms with Gasteiger partial charge in [0.2, 0.25) is 0 Å². The van der Waals surface area contributed by atoms with E-state index in [2.05, 4.69) is 17.2 Å². The largest absolute Gasteiger partial charge is 0.384 e. The number of anilines is 1. The van der Waals surface area contributed by atoms with Gasteiger partial charge >= 0.3 is 0 Å². The van der Waals surface area contributed by atoms with Crippen LogP contribution in [0.1, 0.15) is 32.6 Å². The predicted molar refractivity (Wildman–Crippen MR) is 83.5 cm³/mol. The highest BCUT2D eigenvalue weighted by atomic mass is 16.6. The van der Waals surface area contributed by atoms with E-state index >= 15 is 0 Å². The van der Waals surface area contributed by atoms with Gasteiger partial charge in [-0.1, -0.05) is 25.5 Å². The number of nitro benzene ring substituents is 1. The normalized spacial score (nSPS) is 16.4. The minimum absolute atomic E-state index is 0.0602. The SMILES string of the molecule is CCC1(CNc2ccnc3c([N+](=O)[O-])cccc23)CCC1. The Hall–Kier alpha value is -2.17. The molecule has 110 valence electrons. The van der Waals surface area contributed by atoms with Gasteiger partial charge in [-0.2, -0.15) is 0 Å². The van der Waals surface area contributed by atoms with Gasteiger partial charge in [-0.05, 0) is 30.7 Å². The van der Waals surface area contributed by atoms with Crippen molar-refractivity contribution < 1.29 is 4.92 Å². The number of rotatable bonds is 5. The van der Waals surface area contributed by atoms with E-state index in [1.54, 1.807) is 12.3 Å². The van der Waals surface area contributed by atoms with Gasteiger partial charge in [0.25, 0.3) is 5.69 Å². The molecule has 0 saturated heterocycles. The van der Waals surface area contributed by atoms with Crippen LogP contribution in [-0.2, 0) is 0 Å². The quantitative estimate of drug-likeness (QED) is 0.662. The molecular weight excluding hydrogens is 266 g/mol. The number of benzene rings is 1. The number of aromatic nitrogens is 1. The summed E-state index contributed by atoms with van der Waals surface area (Å²) in [7, 11) is 0. The van der Waals surface area contributed by atoms with E-state index in [1.807, 2.05) is 12.1 Å². The Morgan fingerprint density at radius 1 is 1.38 bits per heavy atom. The molecule has 1 aliphatic carbocycles. The van der Waals surface area contributed by atoms with E-state index in [0.717, 1.165) is 17.6 Å². The van der Waals surface area contributed by atoms with Gasteiger partial charge in [-0.15, -0.1) is 0 Å². The van der Waals surface area contributed by atoms with Crippen molar-refractivity contribution in [2.75, 3.05) is 11.9 Å². The van der Waals surface area contributed by atoms with Crippen molar-refractivity contribution in [1.29, 1.82) is 0 Å². The molecule has 1 saturated carbocycles. The van der Waals surface area contributed by atoms with Crippen LogP contribution in [0.15, 0.2) is 30.5 Å². The van der Waals surface area contributed by atoms with Crippen LogP contribution < -0.4 is 5.32 Å². The zero-order valence-corrected chi connectivity index (χ0v) is 12.1. The van der Waals surface area contributed by atoms with E-state index in [-0.39, 0.29) is 10.6 Å². The summed E-state index contributed by atoms with van der Waals surface area (Å²) in [5.74, 6) is 0. The van der Waals surface area contributed by atoms with Crippen LogP contribution in [0.3, 0.4) is 0 Å². The fourth-order valence-corrected chi connectivity index (χ4v) is 3.08. The molecule has 0 bridgehead atoms. The number of nitrogens with zero attached hydrogens (tertiary/aromatic N) is 2. The van der Waals surface area contributed by atoms with Crippen molar-refractivity contribution in [2.45, 2.75) is 32.6 Å². The monoisotopic (exact) mass is 285 g/mol. The summed E-state index contributed by atoms with van der Waals surface area (Å²) >= 11 is 0. The number of non-ortho nitro benzene ring substituents is 1. The zero-order chi connectivity index (χ0) is 14.9. The molecule has 1 aromatic carbocycles. The lowest BCUT2D eigenvalue weighted by Gasteiger charge is -2.41. The first kappa shape index (κ1) is 13.8. The first-order chi connectivity index (χ1) is 10.2. The molecule has 1 aromatic heterocycles. The Morgan fingerprint density at radius 2 is 2.19 bits per heavy atom. The topological polar surface area (TPSA) is 68.1 Å². The Bertz CT molecular complexity index is 675. The van der Waals surface area contributed by atoms with Crippen LogP contribution >= 0.6 is 0 Å². The molecule has 0 unspecified atom stereocenters. The van der Waals surface area contributed by atoms with Crippen LogP contribution in [0.4, 0.5) is 11.4 Å². The van der Waals surface area contributed by atoms with E-state index < -0.39 is 0 Å². The molecule has 1 aliphatic rings.